The highest BCUT2D eigenvalue weighted by Gasteiger charge is 2.15. The molecule has 6 nitrogen and oxygen atoms in total. The van der Waals surface area contributed by atoms with Gasteiger partial charge in [0.1, 0.15) is 5.15 Å². The van der Waals surface area contributed by atoms with E-state index in [1.54, 1.807) is 12.1 Å². The van der Waals surface area contributed by atoms with Gasteiger partial charge in [-0.3, -0.25) is 9.59 Å². The molecular weight excluding hydrogens is 423 g/mol. The minimum Gasteiger partial charge on any atom is -0.316 e. The zero-order chi connectivity index (χ0) is 20.3. The molecule has 2 amide bonds. The number of hydrazone groups is 1. The molecule has 0 atom stereocenters. The number of anilines is 1. The second kappa shape index (κ2) is 8.56. The first-order valence-electron chi connectivity index (χ1n) is 8.00. The summed E-state index contributed by atoms with van der Waals surface area (Å²) in [6.07, 6.45) is 1.31. The van der Waals surface area contributed by atoms with Crippen molar-refractivity contribution in [2.45, 2.75) is 6.92 Å². The van der Waals surface area contributed by atoms with Crippen LogP contribution >= 0.6 is 34.8 Å². The van der Waals surface area contributed by atoms with Crippen molar-refractivity contribution in [1.82, 2.24) is 10.4 Å². The first-order chi connectivity index (χ1) is 13.3. The Morgan fingerprint density at radius 1 is 1.04 bits per heavy atom. The van der Waals surface area contributed by atoms with Gasteiger partial charge in [-0.25, -0.2) is 10.4 Å². The van der Waals surface area contributed by atoms with Gasteiger partial charge in [-0.15, -0.1) is 0 Å². The predicted molar refractivity (Wildman–Crippen MR) is 112 cm³/mol. The van der Waals surface area contributed by atoms with E-state index in [0.717, 1.165) is 16.5 Å². The summed E-state index contributed by atoms with van der Waals surface area (Å²) in [7, 11) is 0. The number of nitrogens with zero attached hydrogens (tertiary/aromatic N) is 2. The van der Waals surface area contributed by atoms with E-state index in [1.807, 2.05) is 25.1 Å². The number of benzene rings is 2. The number of halogens is 3. The van der Waals surface area contributed by atoms with E-state index < -0.39 is 11.8 Å². The lowest BCUT2D eigenvalue weighted by atomic mass is 10.1. The summed E-state index contributed by atoms with van der Waals surface area (Å²) >= 11 is 17.9. The fourth-order valence-electron chi connectivity index (χ4n) is 2.34. The van der Waals surface area contributed by atoms with Crippen LogP contribution in [0.3, 0.4) is 0 Å². The average molecular weight is 436 g/mol. The Kier molecular flexibility index (Phi) is 6.14. The normalized spacial score (nSPS) is 11.0. The molecule has 0 radical (unpaired) electrons. The van der Waals surface area contributed by atoms with Crippen LogP contribution < -0.4 is 10.7 Å². The van der Waals surface area contributed by atoms with Crippen LogP contribution in [0.4, 0.5) is 5.69 Å². The second-order valence-corrected chi connectivity index (χ2v) is 7.04. The molecule has 0 aliphatic heterocycles. The summed E-state index contributed by atoms with van der Waals surface area (Å²) in [5, 5.41) is 7.84. The summed E-state index contributed by atoms with van der Waals surface area (Å²) < 4.78 is 0. The van der Waals surface area contributed by atoms with Crippen LogP contribution in [0.5, 0.6) is 0 Å². The van der Waals surface area contributed by atoms with Crippen molar-refractivity contribution in [2.24, 2.45) is 5.10 Å². The SMILES string of the molecule is Cc1ccc2cc(/C=N\NC(=O)C(=O)Nc3cc(Cl)ccc3Cl)c(Cl)nc2c1. The summed E-state index contributed by atoms with van der Waals surface area (Å²) in [4.78, 5) is 28.2. The zero-order valence-corrected chi connectivity index (χ0v) is 16.7. The lowest BCUT2D eigenvalue weighted by molar-refractivity contribution is -0.136. The van der Waals surface area contributed by atoms with Crippen molar-refractivity contribution in [3.63, 3.8) is 0 Å². The molecule has 3 aromatic rings. The molecule has 0 saturated heterocycles. The molecule has 0 aliphatic carbocycles. The van der Waals surface area contributed by atoms with Crippen LogP contribution in [-0.4, -0.2) is 23.0 Å². The van der Waals surface area contributed by atoms with Crippen molar-refractivity contribution < 1.29 is 9.59 Å². The molecule has 1 heterocycles. The van der Waals surface area contributed by atoms with E-state index in [2.05, 4.69) is 20.8 Å². The maximum absolute atomic E-state index is 12.0. The minimum absolute atomic E-state index is 0.218. The Morgan fingerprint density at radius 3 is 2.61 bits per heavy atom. The van der Waals surface area contributed by atoms with E-state index in [4.69, 9.17) is 34.8 Å². The molecular formula is C19H13Cl3N4O2. The number of pyridine rings is 1. The third-order valence-corrected chi connectivity index (χ3v) is 4.57. The van der Waals surface area contributed by atoms with Gasteiger partial charge in [-0.05, 0) is 42.8 Å². The van der Waals surface area contributed by atoms with E-state index in [9.17, 15) is 9.59 Å². The number of fused-ring (bicyclic) bond motifs is 1. The lowest BCUT2D eigenvalue weighted by Gasteiger charge is -2.06. The van der Waals surface area contributed by atoms with E-state index >= 15 is 0 Å². The number of carbonyl (C=O) groups is 2. The highest BCUT2D eigenvalue weighted by molar-refractivity contribution is 6.42. The summed E-state index contributed by atoms with van der Waals surface area (Å²) in [6.45, 7) is 1.96. The van der Waals surface area contributed by atoms with Crippen LogP contribution in [0.25, 0.3) is 10.9 Å². The van der Waals surface area contributed by atoms with Gasteiger partial charge in [0.15, 0.2) is 0 Å². The Hall–Kier alpha value is -2.67. The molecule has 9 heteroatoms. The van der Waals surface area contributed by atoms with Gasteiger partial charge in [0.25, 0.3) is 0 Å². The standard InChI is InChI=1S/C19H13Cl3N4O2/c1-10-2-3-11-7-12(17(22)24-15(11)6-10)9-23-26-19(28)18(27)25-16-8-13(20)4-5-14(16)21/h2-9H,1H3,(H,25,27)(H,26,28)/b23-9-. The topological polar surface area (TPSA) is 83.5 Å². The first-order valence-corrected chi connectivity index (χ1v) is 9.13. The molecule has 3 rings (SSSR count). The van der Waals surface area contributed by atoms with Crippen LogP contribution in [0.15, 0.2) is 47.6 Å². The Morgan fingerprint density at radius 2 is 1.82 bits per heavy atom. The fraction of sp³-hybridized carbons (Fsp3) is 0.0526. The van der Waals surface area contributed by atoms with Crippen molar-refractivity contribution in [2.75, 3.05) is 5.32 Å². The number of carbonyl (C=O) groups excluding carboxylic acids is 2. The molecule has 0 saturated carbocycles. The van der Waals surface area contributed by atoms with Gasteiger partial charge in [0, 0.05) is 16.0 Å². The Labute approximate surface area is 175 Å². The number of nitrogens with one attached hydrogen (secondary N) is 2. The van der Waals surface area contributed by atoms with Crippen molar-refractivity contribution >= 4 is 69.4 Å². The van der Waals surface area contributed by atoms with Gasteiger partial charge in [-0.1, -0.05) is 46.9 Å². The molecule has 1 aromatic heterocycles. The van der Waals surface area contributed by atoms with Gasteiger partial charge in [0.2, 0.25) is 0 Å². The monoisotopic (exact) mass is 434 g/mol. The zero-order valence-electron chi connectivity index (χ0n) is 14.5. The van der Waals surface area contributed by atoms with Gasteiger partial charge in [0.05, 0.1) is 22.4 Å². The molecule has 0 bridgehead atoms. The third-order valence-electron chi connectivity index (χ3n) is 3.71. The number of hydrogen-bond acceptors (Lipinski definition) is 4. The van der Waals surface area contributed by atoms with E-state index in [-0.39, 0.29) is 15.9 Å². The average Bonchev–Trinajstić information content (AvgIpc) is 2.65. The van der Waals surface area contributed by atoms with E-state index in [1.165, 1.54) is 18.3 Å². The highest BCUT2D eigenvalue weighted by atomic mass is 35.5. The highest BCUT2D eigenvalue weighted by Crippen LogP contribution is 2.25. The van der Waals surface area contributed by atoms with Crippen LogP contribution in [-0.2, 0) is 9.59 Å². The first kappa shape index (κ1) is 20.1. The molecule has 2 aromatic carbocycles. The van der Waals surface area contributed by atoms with Gasteiger partial charge < -0.3 is 5.32 Å². The molecule has 0 spiro atoms. The minimum atomic E-state index is -0.979. The van der Waals surface area contributed by atoms with Gasteiger partial charge in [-0.2, -0.15) is 5.10 Å². The van der Waals surface area contributed by atoms with E-state index in [0.29, 0.717) is 10.6 Å². The molecule has 0 aliphatic rings. The quantitative estimate of drug-likeness (QED) is 0.273. The predicted octanol–water partition coefficient (Wildman–Crippen LogP) is 4.59. The van der Waals surface area contributed by atoms with Crippen LogP contribution in [0.1, 0.15) is 11.1 Å². The molecule has 0 fully saturated rings. The van der Waals surface area contributed by atoms with Crippen LogP contribution in [0.2, 0.25) is 15.2 Å². The number of hydrogen-bond donors (Lipinski definition) is 2. The maximum Gasteiger partial charge on any atom is 0.329 e. The molecule has 142 valence electrons. The number of amides is 2. The maximum atomic E-state index is 12.0. The number of aromatic nitrogens is 1. The van der Waals surface area contributed by atoms with Crippen molar-refractivity contribution in [3.05, 3.63) is 68.8 Å². The lowest BCUT2D eigenvalue weighted by Crippen LogP contribution is -2.32. The van der Waals surface area contributed by atoms with Crippen molar-refractivity contribution in [3.8, 4) is 0 Å². The number of rotatable bonds is 3. The fourth-order valence-corrected chi connectivity index (χ4v) is 2.88. The molecule has 0 unspecified atom stereocenters. The third kappa shape index (κ3) is 4.78. The summed E-state index contributed by atoms with van der Waals surface area (Å²) in [6, 6.07) is 12.1. The largest absolute Gasteiger partial charge is 0.329 e. The smallest absolute Gasteiger partial charge is 0.316 e. The summed E-state index contributed by atoms with van der Waals surface area (Å²) in [5.41, 5.74) is 4.66. The molecule has 28 heavy (non-hydrogen) atoms. The number of aryl methyl sites for hydroxylation is 1. The summed E-state index contributed by atoms with van der Waals surface area (Å²) in [5.74, 6) is -1.92. The van der Waals surface area contributed by atoms with Gasteiger partial charge >= 0.3 is 11.8 Å². The second-order valence-electron chi connectivity index (χ2n) is 5.84. The van der Waals surface area contributed by atoms with Crippen LogP contribution in [0, 0.1) is 6.92 Å². The van der Waals surface area contributed by atoms with Crippen molar-refractivity contribution in [1.29, 1.82) is 0 Å². The Bertz CT molecular complexity index is 1120. The Balaban J connectivity index is 1.68. The molecule has 2 N–H and O–H groups in total.